The van der Waals surface area contributed by atoms with Crippen LogP contribution in [-0.2, 0) is 22.5 Å². The van der Waals surface area contributed by atoms with Crippen molar-refractivity contribution >= 4 is 15.0 Å². The van der Waals surface area contributed by atoms with E-state index in [0.717, 1.165) is 19.3 Å². The van der Waals surface area contributed by atoms with Crippen LogP contribution in [0.15, 0.2) is 0 Å². The molecule has 20 heavy (non-hydrogen) atoms. The molecule has 0 aliphatic heterocycles. The zero-order chi connectivity index (χ0) is 15.8. The van der Waals surface area contributed by atoms with Gasteiger partial charge in [0.15, 0.2) is 0 Å². The van der Waals surface area contributed by atoms with E-state index in [2.05, 4.69) is 0 Å². The number of hydrogen-bond donors (Lipinski definition) is 0. The SMILES string of the molecule is CCC(C)O[Si](OC(C)=O)(OC(C)CC)OC(C)CC. The van der Waals surface area contributed by atoms with E-state index in [0.29, 0.717) is 0 Å². The van der Waals surface area contributed by atoms with Crippen molar-refractivity contribution in [3.05, 3.63) is 0 Å². The Hall–Kier alpha value is -0.433. The van der Waals surface area contributed by atoms with E-state index in [1.165, 1.54) is 6.92 Å². The molecule has 0 amide bonds. The summed E-state index contributed by atoms with van der Waals surface area (Å²) in [4.78, 5) is 11.4. The molecular weight excluding hydrogens is 276 g/mol. The zero-order valence-electron chi connectivity index (χ0n) is 13.9. The summed E-state index contributed by atoms with van der Waals surface area (Å²) in [5, 5.41) is 0. The monoisotopic (exact) mass is 306 g/mol. The predicted molar refractivity (Wildman–Crippen MR) is 80.0 cm³/mol. The van der Waals surface area contributed by atoms with Gasteiger partial charge in [0.2, 0.25) is 0 Å². The Bertz CT molecular complexity index is 253. The number of carbonyl (C=O) groups excluding carboxylic acids is 1. The highest BCUT2D eigenvalue weighted by molar-refractivity contribution is 6.55. The fourth-order valence-electron chi connectivity index (χ4n) is 1.32. The predicted octanol–water partition coefficient (Wildman–Crippen LogP) is 3.43. The second-order valence-electron chi connectivity index (χ2n) is 5.10. The van der Waals surface area contributed by atoms with Crippen LogP contribution in [-0.4, -0.2) is 33.3 Å². The Kier molecular flexibility index (Phi) is 9.29. The molecule has 0 spiro atoms. The van der Waals surface area contributed by atoms with Crippen molar-refractivity contribution in [1.29, 1.82) is 0 Å². The van der Waals surface area contributed by atoms with Gasteiger partial charge < -0.3 is 17.7 Å². The van der Waals surface area contributed by atoms with Crippen molar-refractivity contribution in [3.63, 3.8) is 0 Å². The van der Waals surface area contributed by atoms with Crippen molar-refractivity contribution in [3.8, 4) is 0 Å². The number of rotatable bonds is 10. The molecule has 0 aliphatic carbocycles. The molecule has 5 nitrogen and oxygen atoms in total. The molecule has 0 aromatic rings. The first-order valence-corrected chi connectivity index (χ1v) is 9.14. The first kappa shape index (κ1) is 19.6. The normalized spacial score (nSPS) is 18.9. The first-order valence-electron chi connectivity index (χ1n) is 7.51. The average Bonchev–Trinajstić information content (AvgIpc) is 2.36. The lowest BCUT2D eigenvalue weighted by atomic mass is 10.3. The van der Waals surface area contributed by atoms with Gasteiger partial charge in [-0.05, 0) is 40.0 Å². The molecule has 0 aromatic carbocycles. The van der Waals surface area contributed by atoms with Crippen LogP contribution in [0.25, 0.3) is 0 Å². The Labute approximate surface area is 124 Å². The zero-order valence-corrected chi connectivity index (χ0v) is 14.9. The lowest BCUT2D eigenvalue weighted by molar-refractivity contribution is -0.147. The standard InChI is InChI=1S/C14H30O5Si/c1-8-11(4)16-20(19-14(7)15,17-12(5)9-2)18-13(6)10-3/h11-13H,8-10H2,1-7H3. The summed E-state index contributed by atoms with van der Waals surface area (Å²) in [7, 11) is -3.46. The molecular formula is C14H30O5Si. The average molecular weight is 306 g/mol. The molecule has 0 radical (unpaired) electrons. The summed E-state index contributed by atoms with van der Waals surface area (Å²) in [5.74, 6) is -0.438. The summed E-state index contributed by atoms with van der Waals surface area (Å²) >= 11 is 0. The molecule has 0 bridgehead atoms. The van der Waals surface area contributed by atoms with Gasteiger partial charge >= 0.3 is 9.05 Å². The number of carbonyl (C=O) groups is 1. The largest absolute Gasteiger partial charge is 0.752 e. The van der Waals surface area contributed by atoms with E-state index in [1.54, 1.807) is 0 Å². The maximum atomic E-state index is 11.4. The number of hydrogen-bond acceptors (Lipinski definition) is 5. The molecule has 0 aromatic heterocycles. The van der Waals surface area contributed by atoms with Gasteiger partial charge in [-0.3, -0.25) is 4.79 Å². The third kappa shape index (κ3) is 7.38. The van der Waals surface area contributed by atoms with E-state index in [9.17, 15) is 4.79 Å². The maximum absolute atomic E-state index is 11.4. The van der Waals surface area contributed by atoms with Gasteiger partial charge in [-0.2, -0.15) is 0 Å². The van der Waals surface area contributed by atoms with E-state index in [-0.39, 0.29) is 18.3 Å². The Morgan fingerprint density at radius 1 is 0.850 bits per heavy atom. The van der Waals surface area contributed by atoms with E-state index < -0.39 is 15.0 Å². The third-order valence-electron chi connectivity index (χ3n) is 3.03. The topological polar surface area (TPSA) is 54.0 Å². The van der Waals surface area contributed by atoms with Crippen LogP contribution in [0.5, 0.6) is 0 Å². The minimum atomic E-state index is -3.46. The van der Waals surface area contributed by atoms with Crippen molar-refractivity contribution in [2.45, 2.75) is 86.0 Å². The van der Waals surface area contributed by atoms with Gasteiger partial charge in [0, 0.05) is 25.2 Å². The van der Waals surface area contributed by atoms with Crippen LogP contribution >= 0.6 is 0 Å². The third-order valence-corrected chi connectivity index (χ3v) is 5.64. The molecule has 3 unspecified atom stereocenters. The molecule has 0 rings (SSSR count). The second kappa shape index (κ2) is 9.49. The lowest BCUT2D eigenvalue weighted by Gasteiger charge is -2.33. The highest BCUT2D eigenvalue weighted by atomic mass is 28.4. The van der Waals surface area contributed by atoms with Gasteiger partial charge in [0.25, 0.3) is 5.97 Å². The van der Waals surface area contributed by atoms with E-state index in [1.807, 2.05) is 41.5 Å². The van der Waals surface area contributed by atoms with Crippen LogP contribution in [0.3, 0.4) is 0 Å². The first-order chi connectivity index (χ1) is 9.28. The van der Waals surface area contributed by atoms with Crippen LogP contribution in [0, 0.1) is 0 Å². The smallest absolute Gasteiger partial charge is 0.452 e. The minimum absolute atomic E-state index is 0.0888. The molecule has 0 heterocycles. The van der Waals surface area contributed by atoms with Gasteiger partial charge in [0.1, 0.15) is 0 Å². The highest BCUT2D eigenvalue weighted by Crippen LogP contribution is 2.22. The van der Waals surface area contributed by atoms with E-state index in [4.69, 9.17) is 17.7 Å². The fraction of sp³-hybridized carbons (Fsp3) is 0.929. The quantitative estimate of drug-likeness (QED) is 0.579. The maximum Gasteiger partial charge on any atom is 0.752 e. The van der Waals surface area contributed by atoms with Crippen molar-refractivity contribution in [2.75, 3.05) is 0 Å². The van der Waals surface area contributed by atoms with E-state index >= 15 is 0 Å². The summed E-state index contributed by atoms with van der Waals surface area (Å²) in [6, 6.07) is 0. The van der Waals surface area contributed by atoms with Crippen LogP contribution in [0.2, 0.25) is 0 Å². The van der Waals surface area contributed by atoms with Crippen LogP contribution < -0.4 is 0 Å². The molecule has 120 valence electrons. The van der Waals surface area contributed by atoms with Crippen molar-refractivity contribution in [1.82, 2.24) is 0 Å². The summed E-state index contributed by atoms with van der Waals surface area (Å²) in [5.41, 5.74) is 0. The minimum Gasteiger partial charge on any atom is -0.452 e. The highest BCUT2D eigenvalue weighted by Gasteiger charge is 2.53. The second-order valence-corrected chi connectivity index (χ2v) is 7.02. The molecule has 3 atom stereocenters. The van der Waals surface area contributed by atoms with Gasteiger partial charge in [-0.1, -0.05) is 20.8 Å². The Balaban J connectivity index is 5.19. The lowest BCUT2D eigenvalue weighted by Crippen LogP contribution is -2.55. The molecule has 6 heteroatoms. The van der Waals surface area contributed by atoms with Crippen molar-refractivity contribution in [2.24, 2.45) is 0 Å². The van der Waals surface area contributed by atoms with Crippen LogP contribution in [0.1, 0.15) is 67.7 Å². The van der Waals surface area contributed by atoms with Gasteiger partial charge in [-0.25, -0.2) is 0 Å². The fourth-order valence-corrected chi connectivity index (χ4v) is 3.96. The summed E-state index contributed by atoms with van der Waals surface area (Å²) < 4.78 is 23.1. The summed E-state index contributed by atoms with van der Waals surface area (Å²) in [6.07, 6.45) is 2.12. The van der Waals surface area contributed by atoms with Gasteiger partial charge in [-0.15, -0.1) is 0 Å². The van der Waals surface area contributed by atoms with Crippen LogP contribution in [0.4, 0.5) is 0 Å². The molecule has 0 N–H and O–H groups in total. The van der Waals surface area contributed by atoms with Crippen molar-refractivity contribution < 1.29 is 22.5 Å². The summed E-state index contributed by atoms with van der Waals surface area (Å²) in [6.45, 7) is 13.1. The Morgan fingerprint density at radius 3 is 1.35 bits per heavy atom. The molecule has 0 aliphatic rings. The Morgan fingerprint density at radius 2 is 1.15 bits per heavy atom. The molecule has 0 saturated heterocycles. The molecule has 0 fully saturated rings. The van der Waals surface area contributed by atoms with Gasteiger partial charge in [0.05, 0.1) is 0 Å². The molecule has 0 saturated carbocycles.